The number of nitrogens with one attached hydrogen (secondary N) is 3. The summed E-state index contributed by atoms with van der Waals surface area (Å²) in [6.45, 7) is 2.04. The van der Waals surface area contributed by atoms with Crippen molar-refractivity contribution < 1.29 is 0 Å². The highest BCUT2D eigenvalue weighted by molar-refractivity contribution is 9.10. The van der Waals surface area contributed by atoms with Gasteiger partial charge in [0.25, 0.3) is 0 Å². The lowest BCUT2D eigenvalue weighted by Crippen LogP contribution is -2.12. The first-order chi connectivity index (χ1) is 9.54. The van der Waals surface area contributed by atoms with Crippen LogP contribution in [0.2, 0.25) is 0 Å². The third-order valence-electron chi connectivity index (χ3n) is 3.22. The molecule has 0 radical (unpaired) electrons. The molecule has 104 valence electrons. The van der Waals surface area contributed by atoms with Crippen LogP contribution in [-0.4, -0.2) is 19.5 Å². The second kappa shape index (κ2) is 4.82. The Bertz CT molecular complexity index is 816. The summed E-state index contributed by atoms with van der Waals surface area (Å²) in [5.74, 6) is 0.944. The van der Waals surface area contributed by atoms with E-state index in [1.807, 2.05) is 36.9 Å². The van der Waals surface area contributed by atoms with E-state index >= 15 is 0 Å². The number of nitrogens with zero attached hydrogens (tertiary/aromatic N) is 2. The predicted octanol–water partition coefficient (Wildman–Crippen LogP) is 2.53. The average Bonchev–Trinajstić information content (AvgIpc) is 2.94. The van der Waals surface area contributed by atoms with Crippen LogP contribution in [0.25, 0.3) is 11.0 Å². The van der Waals surface area contributed by atoms with Crippen molar-refractivity contribution in [2.24, 2.45) is 7.05 Å². The van der Waals surface area contributed by atoms with Gasteiger partial charge in [-0.1, -0.05) is 0 Å². The minimum Gasteiger partial charge on any atom is -0.374 e. The van der Waals surface area contributed by atoms with Crippen molar-refractivity contribution in [3.05, 3.63) is 45.3 Å². The number of aryl methyl sites for hydroxylation is 1. The van der Waals surface area contributed by atoms with Gasteiger partial charge in [-0.25, -0.2) is 9.78 Å². The maximum Gasteiger partial charge on any atom is 0.323 e. The SMILES string of the molecule is CC(Nc1cc2[nH]c(=O)[nH]c2cc1Br)c1nccn1C. The van der Waals surface area contributed by atoms with Crippen LogP contribution < -0.4 is 11.0 Å². The second-order valence-electron chi connectivity index (χ2n) is 4.72. The van der Waals surface area contributed by atoms with Gasteiger partial charge in [0.15, 0.2) is 0 Å². The van der Waals surface area contributed by atoms with Crippen LogP contribution in [0.3, 0.4) is 0 Å². The molecule has 1 aromatic carbocycles. The molecule has 20 heavy (non-hydrogen) atoms. The van der Waals surface area contributed by atoms with E-state index < -0.39 is 0 Å². The van der Waals surface area contributed by atoms with E-state index in [9.17, 15) is 4.79 Å². The molecule has 0 amide bonds. The molecule has 0 saturated carbocycles. The van der Waals surface area contributed by atoms with Crippen molar-refractivity contribution in [2.75, 3.05) is 5.32 Å². The number of aromatic amines is 2. The third kappa shape index (κ3) is 2.24. The molecule has 0 aliphatic carbocycles. The monoisotopic (exact) mass is 335 g/mol. The summed E-state index contributed by atoms with van der Waals surface area (Å²) in [6.07, 6.45) is 3.69. The first kappa shape index (κ1) is 13.0. The zero-order chi connectivity index (χ0) is 14.3. The summed E-state index contributed by atoms with van der Waals surface area (Å²) in [4.78, 5) is 21.1. The fourth-order valence-electron chi connectivity index (χ4n) is 2.26. The number of rotatable bonds is 3. The number of aromatic nitrogens is 4. The Labute approximate surface area is 123 Å². The van der Waals surface area contributed by atoms with Gasteiger partial charge >= 0.3 is 5.69 Å². The van der Waals surface area contributed by atoms with Gasteiger partial charge in [-0.05, 0) is 35.0 Å². The third-order valence-corrected chi connectivity index (χ3v) is 3.88. The van der Waals surface area contributed by atoms with Crippen LogP contribution in [0, 0.1) is 0 Å². The lowest BCUT2D eigenvalue weighted by molar-refractivity contribution is 0.721. The van der Waals surface area contributed by atoms with Gasteiger partial charge < -0.3 is 19.9 Å². The maximum absolute atomic E-state index is 11.3. The summed E-state index contributed by atoms with van der Waals surface area (Å²) in [7, 11) is 1.96. The first-order valence-corrected chi connectivity index (χ1v) is 6.99. The van der Waals surface area contributed by atoms with E-state index in [1.54, 1.807) is 6.20 Å². The highest BCUT2D eigenvalue weighted by atomic mass is 79.9. The van der Waals surface area contributed by atoms with Crippen molar-refractivity contribution in [2.45, 2.75) is 13.0 Å². The molecule has 1 unspecified atom stereocenters. The molecule has 6 nitrogen and oxygen atoms in total. The zero-order valence-corrected chi connectivity index (χ0v) is 12.7. The molecule has 0 bridgehead atoms. The summed E-state index contributed by atoms with van der Waals surface area (Å²) in [5.41, 5.74) is 2.24. The van der Waals surface area contributed by atoms with E-state index in [-0.39, 0.29) is 11.7 Å². The molecular formula is C13H14BrN5O. The van der Waals surface area contributed by atoms with E-state index in [4.69, 9.17) is 0 Å². The summed E-state index contributed by atoms with van der Waals surface area (Å²) in [6, 6.07) is 3.83. The number of anilines is 1. The van der Waals surface area contributed by atoms with Crippen LogP contribution in [0.1, 0.15) is 18.8 Å². The normalized spacial score (nSPS) is 12.8. The van der Waals surface area contributed by atoms with Crippen molar-refractivity contribution in [3.8, 4) is 0 Å². The smallest absolute Gasteiger partial charge is 0.323 e. The fourth-order valence-corrected chi connectivity index (χ4v) is 2.72. The Morgan fingerprint density at radius 3 is 2.70 bits per heavy atom. The minimum atomic E-state index is -0.207. The quantitative estimate of drug-likeness (QED) is 0.688. The minimum absolute atomic E-state index is 0.0504. The Morgan fingerprint density at radius 1 is 1.35 bits per heavy atom. The lowest BCUT2D eigenvalue weighted by Gasteiger charge is -2.16. The molecule has 7 heteroatoms. The number of fused-ring (bicyclic) bond motifs is 1. The van der Waals surface area contributed by atoms with Gasteiger partial charge in [-0.2, -0.15) is 0 Å². The van der Waals surface area contributed by atoms with Crippen LogP contribution >= 0.6 is 15.9 Å². The van der Waals surface area contributed by atoms with Gasteiger partial charge in [0.2, 0.25) is 0 Å². The molecule has 0 aliphatic rings. The van der Waals surface area contributed by atoms with Crippen LogP contribution in [0.5, 0.6) is 0 Å². The molecule has 2 aromatic heterocycles. The van der Waals surface area contributed by atoms with Gasteiger partial charge in [0, 0.05) is 23.9 Å². The van der Waals surface area contributed by atoms with Crippen molar-refractivity contribution in [3.63, 3.8) is 0 Å². The van der Waals surface area contributed by atoms with Crippen LogP contribution in [0.4, 0.5) is 5.69 Å². The Morgan fingerprint density at radius 2 is 2.05 bits per heavy atom. The molecular weight excluding hydrogens is 322 g/mol. The fraction of sp³-hybridized carbons (Fsp3) is 0.231. The van der Waals surface area contributed by atoms with E-state index in [2.05, 4.69) is 36.2 Å². The molecule has 3 aromatic rings. The molecule has 0 aliphatic heterocycles. The highest BCUT2D eigenvalue weighted by Gasteiger charge is 2.12. The summed E-state index contributed by atoms with van der Waals surface area (Å²) in [5, 5.41) is 3.39. The first-order valence-electron chi connectivity index (χ1n) is 6.20. The molecule has 2 heterocycles. The van der Waals surface area contributed by atoms with Gasteiger partial charge in [0.05, 0.1) is 22.8 Å². The van der Waals surface area contributed by atoms with E-state index in [0.29, 0.717) is 0 Å². The van der Waals surface area contributed by atoms with Crippen molar-refractivity contribution in [1.29, 1.82) is 0 Å². The topological polar surface area (TPSA) is 78.5 Å². The van der Waals surface area contributed by atoms with Crippen molar-refractivity contribution >= 4 is 32.7 Å². The average molecular weight is 336 g/mol. The number of hydrogen-bond donors (Lipinski definition) is 3. The Kier molecular flexibility index (Phi) is 3.13. The summed E-state index contributed by atoms with van der Waals surface area (Å²) >= 11 is 3.51. The highest BCUT2D eigenvalue weighted by Crippen LogP contribution is 2.29. The number of imidazole rings is 2. The molecule has 0 spiro atoms. The van der Waals surface area contributed by atoms with Gasteiger partial charge in [-0.3, -0.25) is 0 Å². The van der Waals surface area contributed by atoms with Gasteiger partial charge in [-0.15, -0.1) is 0 Å². The molecule has 1 atom stereocenters. The number of benzene rings is 1. The molecule has 3 rings (SSSR count). The number of H-pyrrole nitrogens is 2. The van der Waals surface area contributed by atoms with Gasteiger partial charge in [0.1, 0.15) is 5.82 Å². The number of hydrogen-bond acceptors (Lipinski definition) is 3. The zero-order valence-electron chi connectivity index (χ0n) is 11.1. The molecule has 3 N–H and O–H groups in total. The largest absolute Gasteiger partial charge is 0.374 e. The van der Waals surface area contributed by atoms with Crippen molar-refractivity contribution in [1.82, 2.24) is 19.5 Å². The lowest BCUT2D eigenvalue weighted by atomic mass is 10.2. The van der Waals surface area contributed by atoms with E-state index in [0.717, 1.165) is 27.0 Å². The number of halogens is 1. The van der Waals surface area contributed by atoms with Crippen LogP contribution in [0.15, 0.2) is 33.8 Å². The Balaban J connectivity index is 1.96. The van der Waals surface area contributed by atoms with Crippen LogP contribution in [-0.2, 0) is 7.05 Å². The van der Waals surface area contributed by atoms with E-state index in [1.165, 1.54) is 0 Å². The second-order valence-corrected chi connectivity index (χ2v) is 5.57. The summed E-state index contributed by atoms with van der Waals surface area (Å²) < 4.78 is 2.86. The predicted molar refractivity (Wildman–Crippen MR) is 81.9 cm³/mol. The Hall–Kier alpha value is -2.02. The molecule has 0 fully saturated rings. The maximum atomic E-state index is 11.3. The molecule has 0 saturated heterocycles. The standard InChI is InChI=1S/C13H14BrN5O/c1-7(12-15-3-4-19(12)2)16-9-6-11-10(5-8(9)14)17-13(20)18-11/h3-7,16H,1-2H3,(H2,17,18,20).